The zero-order valence-electron chi connectivity index (χ0n) is 13.8. The van der Waals surface area contributed by atoms with Crippen LogP contribution in [0.25, 0.3) is 0 Å². The van der Waals surface area contributed by atoms with Crippen LogP contribution in [0.5, 0.6) is 0 Å². The summed E-state index contributed by atoms with van der Waals surface area (Å²) in [4.78, 5) is 0.349. The molecule has 1 heterocycles. The van der Waals surface area contributed by atoms with Gasteiger partial charge >= 0.3 is 0 Å². The van der Waals surface area contributed by atoms with Crippen molar-refractivity contribution < 1.29 is 8.42 Å². The maximum atomic E-state index is 12.8. The van der Waals surface area contributed by atoms with E-state index in [1.807, 2.05) is 25.3 Å². The molecule has 5 nitrogen and oxygen atoms in total. The molecule has 1 rings (SSSR count). The van der Waals surface area contributed by atoms with Crippen molar-refractivity contribution in [3.63, 3.8) is 0 Å². The maximum Gasteiger partial charge on any atom is 0.244 e. The molecule has 2 N–H and O–H groups in total. The summed E-state index contributed by atoms with van der Waals surface area (Å²) in [5, 5.41) is 0. The van der Waals surface area contributed by atoms with Crippen molar-refractivity contribution in [1.29, 1.82) is 0 Å². The van der Waals surface area contributed by atoms with Crippen molar-refractivity contribution in [2.75, 3.05) is 13.1 Å². The van der Waals surface area contributed by atoms with Gasteiger partial charge in [0, 0.05) is 37.6 Å². The Kier molecular flexibility index (Phi) is 6.43. The standard InChI is InChI=1S/C15H29N3O2S/c1-6-13(5)10-17(7-2)21(19,20)15-8-14(9-16)18(11-15)12(3)4/h8,11-13H,6-7,9-10,16H2,1-5H3. The molecule has 0 aliphatic rings. The first kappa shape index (κ1) is 18.2. The third-order valence-electron chi connectivity index (χ3n) is 3.88. The summed E-state index contributed by atoms with van der Waals surface area (Å²) in [6.07, 6.45) is 2.68. The summed E-state index contributed by atoms with van der Waals surface area (Å²) in [5.74, 6) is 0.348. The van der Waals surface area contributed by atoms with E-state index in [2.05, 4.69) is 13.8 Å². The molecule has 1 aromatic rings. The molecular formula is C15H29N3O2S. The molecule has 0 aromatic carbocycles. The van der Waals surface area contributed by atoms with Gasteiger partial charge in [-0.2, -0.15) is 4.31 Å². The van der Waals surface area contributed by atoms with E-state index in [0.717, 1.165) is 12.1 Å². The molecule has 0 radical (unpaired) electrons. The molecule has 122 valence electrons. The Morgan fingerprint density at radius 2 is 1.90 bits per heavy atom. The molecule has 0 spiro atoms. The zero-order chi connectivity index (χ0) is 16.2. The maximum absolute atomic E-state index is 12.8. The van der Waals surface area contributed by atoms with E-state index in [4.69, 9.17) is 5.73 Å². The minimum atomic E-state index is -3.44. The highest BCUT2D eigenvalue weighted by atomic mass is 32.2. The number of sulfonamides is 1. The molecular weight excluding hydrogens is 286 g/mol. The summed E-state index contributed by atoms with van der Waals surface area (Å²) in [5.41, 5.74) is 6.58. The fourth-order valence-electron chi connectivity index (χ4n) is 2.31. The number of hydrogen-bond acceptors (Lipinski definition) is 3. The van der Waals surface area contributed by atoms with E-state index < -0.39 is 10.0 Å². The summed E-state index contributed by atoms with van der Waals surface area (Å²) >= 11 is 0. The first-order chi connectivity index (χ1) is 9.77. The largest absolute Gasteiger partial charge is 0.346 e. The predicted molar refractivity (Wildman–Crippen MR) is 86.6 cm³/mol. The lowest BCUT2D eigenvalue weighted by Crippen LogP contribution is -2.34. The summed E-state index contributed by atoms with van der Waals surface area (Å²) in [6, 6.07) is 1.89. The fourth-order valence-corrected chi connectivity index (χ4v) is 3.93. The van der Waals surface area contributed by atoms with Crippen molar-refractivity contribution in [2.45, 2.75) is 58.5 Å². The third kappa shape index (κ3) is 4.08. The number of nitrogens with zero attached hydrogens (tertiary/aromatic N) is 2. The molecule has 21 heavy (non-hydrogen) atoms. The second kappa shape index (κ2) is 7.42. The smallest absolute Gasteiger partial charge is 0.244 e. The van der Waals surface area contributed by atoms with Crippen LogP contribution in [0.3, 0.4) is 0 Å². The summed E-state index contributed by atoms with van der Waals surface area (Å²) in [7, 11) is -3.44. The average Bonchev–Trinajstić information content (AvgIpc) is 2.89. The molecule has 1 aromatic heterocycles. The van der Waals surface area contributed by atoms with Crippen molar-refractivity contribution in [2.24, 2.45) is 11.7 Å². The van der Waals surface area contributed by atoms with Gasteiger partial charge in [-0.3, -0.25) is 0 Å². The summed E-state index contributed by atoms with van der Waals surface area (Å²) in [6.45, 7) is 11.4. The highest BCUT2D eigenvalue weighted by molar-refractivity contribution is 7.89. The Morgan fingerprint density at radius 3 is 2.29 bits per heavy atom. The van der Waals surface area contributed by atoms with Crippen molar-refractivity contribution in [3.8, 4) is 0 Å². The Labute approximate surface area is 129 Å². The molecule has 0 saturated carbocycles. The molecule has 6 heteroatoms. The van der Waals surface area contributed by atoms with E-state index >= 15 is 0 Å². The van der Waals surface area contributed by atoms with Crippen molar-refractivity contribution in [3.05, 3.63) is 18.0 Å². The number of rotatable bonds is 8. The van der Waals surface area contributed by atoms with E-state index in [1.165, 1.54) is 0 Å². The van der Waals surface area contributed by atoms with Crippen LogP contribution >= 0.6 is 0 Å². The Hall–Kier alpha value is -0.850. The van der Waals surface area contributed by atoms with Crippen LogP contribution in [-0.4, -0.2) is 30.4 Å². The van der Waals surface area contributed by atoms with E-state index in [1.54, 1.807) is 16.6 Å². The predicted octanol–water partition coefficient (Wildman–Crippen LogP) is 2.58. The average molecular weight is 315 g/mol. The molecule has 0 amide bonds. The van der Waals surface area contributed by atoms with Crippen molar-refractivity contribution in [1.82, 2.24) is 8.87 Å². The Morgan fingerprint density at radius 1 is 1.29 bits per heavy atom. The van der Waals surface area contributed by atoms with Crippen LogP contribution < -0.4 is 5.73 Å². The van der Waals surface area contributed by atoms with E-state index in [-0.39, 0.29) is 6.04 Å². The van der Waals surface area contributed by atoms with Gasteiger partial charge in [0.15, 0.2) is 0 Å². The first-order valence-electron chi connectivity index (χ1n) is 7.68. The van der Waals surface area contributed by atoms with Gasteiger partial charge in [0.1, 0.15) is 4.90 Å². The minimum Gasteiger partial charge on any atom is -0.346 e. The lowest BCUT2D eigenvalue weighted by molar-refractivity contribution is 0.361. The van der Waals surface area contributed by atoms with Gasteiger partial charge in [0.05, 0.1) is 0 Å². The van der Waals surface area contributed by atoms with Gasteiger partial charge in [0.25, 0.3) is 0 Å². The molecule has 1 unspecified atom stereocenters. The minimum absolute atomic E-state index is 0.192. The normalized spacial score (nSPS) is 14.1. The molecule has 1 atom stereocenters. The Balaban J connectivity index is 3.17. The quantitative estimate of drug-likeness (QED) is 0.801. The number of aromatic nitrogens is 1. The number of nitrogens with two attached hydrogens (primary N) is 1. The summed E-state index contributed by atoms with van der Waals surface area (Å²) < 4.78 is 29.1. The highest BCUT2D eigenvalue weighted by Gasteiger charge is 2.26. The van der Waals surface area contributed by atoms with Gasteiger partial charge in [-0.15, -0.1) is 0 Å². The SMILES string of the molecule is CCC(C)CN(CC)S(=O)(=O)c1cc(CN)n(C(C)C)c1. The second-order valence-corrected chi connectivity index (χ2v) is 7.78. The van der Waals surface area contributed by atoms with Gasteiger partial charge in [-0.05, 0) is 25.8 Å². The highest BCUT2D eigenvalue weighted by Crippen LogP contribution is 2.23. The van der Waals surface area contributed by atoms with E-state index in [9.17, 15) is 8.42 Å². The molecule has 0 bridgehead atoms. The van der Waals surface area contributed by atoms with Crippen LogP contribution in [0.2, 0.25) is 0 Å². The zero-order valence-corrected chi connectivity index (χ0v) is 14.7. The third-order valence-corrected chi connectivity index (χ3v) is 5.78. The van der Waals surface area contributed by atoms with Gasteiger partial charge in [-0.25, -0.2) is 8.42 Å². The number of hydrogen-bond donors (Lipinski definition) is 1. The van der Waals surface area contributed by atoms with Crippen LogP contribution in [-0.2, 0) is 16.6 Å². The molecule has 0 saturated heterocycles. The lowest BCUT2D eigenvalue weighted by atomic mass is 10.1. The monoisotopic (exact) mass is 315 g/mol. The topological polar surface area (TPSA) is 68.3 Å². The van der Waals surface area contributed by atoms with Gasteiger partial charge in [-0.1, -0.05) is 27.2 Å². The van der Waals surface area contributed by atoms with Crippen LogP contribution in [0.1, 0.15) is 52.8 Å². The van der Waals surface area contributed by atoms with Crippen LogP contribution in [0.4, 0.5) is 0 Å². The Bertz CT molecular complexity index is 549. The first-order valence-corrected chi connectivity index (χ1v) is 9.12. The molecule has 0 aliphatic heterocycles. The van der Waals surface area contributed by atoms with Crippen molar-refractivity contribution >= 4 is 10.0 Å². The van der Waals surface area contributed by atoms with E-state index in [0.29, 0.717) is 30.4 Å². The fraction of sp³-hybridized carbons (Fsp3) is 0.733. The van der Waals surface area contributed by atoms with Gasteiger partial charge in [0.2, 0.25) is 10.0 Å². The van der Waals surface area contributed by atoms with Crippen LogP contribution in [0, 0.1) is 5.92 Å². The lowest BCUT2D eigenvalue weighted by Gasteiger charge is -2.22. The van der Waals surface area contributed by atoms with Gasteiger partial charge < -0.3 is 10.3 Å². The van der Waals surface area contributed by atoms with Crippen LogP contribution in [0.15, 0.2) is 17.2 Å². The second-order valence-electron chi connectivity index (χ2n) is 5.84. The molecule has 0 aliphatic carbocycles. The molecule has 0 fully saturated rings.